The number of carbonyl (C=O) groups is 1. The van der Waals surface area contributed by atoms with Gasteiger partial charge in [-0.1, -0.05) is 25.2 Å². The van der Waals surface area contributed by atoms with Gasteiger partial charge in [0.2, 0.25) is 0 Å². The summed E-state index contributed by atoms with van der Waals surface area (Å²) in [6.45, 7) is 0.389. The Labute approximate surface area is 142 Å². The summed E-state index contributed by atoms with van der Waals surface area (Å²) in [5.41, 5.74) is 1.01. The zero-order chi connectivity index (χ0) is 15.8. The highest BCUT2D eigenvalue weighted by molar-refractivity contribution is 7.21. The first-order valence-corrected chi connectivity index (χ1v) is 9.57. The number of thiazole rings is 1. The third kappa shape index (κ3) is 2.54. The minimum Gasteiger partial charge on any atom is -0.324 e. The highest BCUT2D eigenvalue weighted by Crippen LogP contribution is 2.30. The van der Waals surface area contributed by atoms with Gasteiger partial charge in [0.25, 0.3) is 5.91 Å². The fourth-order valence-corrected chi connectivity index (χ4v) is 5.11. The van der Waals surface area contributed by atoms with Crippen molar-refractivity contribution in [2.45, 2.75) is 38.1 Å². The lowest BCUT2D eigenvalue weighted by Gasteiger charge is -2.32. The van der Waals surface area contributed by atoms with Crippen LogP contribution in [0.15, 0.2) is 17.6 Å². The number of carbonyl (C=O) groups excluding carboxylic acids is 1. The van der Waals surface area contributed by atoms with Crippen LogP contribution in [0.1, 0.15) is 41.8 Å². The third-order valence-electron chi connectivity index (χ3n) is 4.49. The van der Waals surface area contributed by atoms with E-state index in [-0.39, 0.29) is 11.9 Å². The number of hydrogen-bond acceptors (Lipinski definition) is 4. The molecule has 23 heavy (non-hydrogen) atoms. The average molecular weight is 343 g/mol. The summed E-state index contributed by atoms with van der Waals surface area (Å²) in [5.74, 6) is 2.72. The summed E-state index contributed by atoms with van der Waals surface area (Å²) in [7, 11) is 0. The molecule has 1 amide bonds. The van der Waals surface area contributed by atoms with Crippen molar-refractivity contribution >= 4 is 43.9 Å². The monoisotopic (exact) mass is 343 g/mol. The van der Waals surface area contributed by atoms with Crippen molar-refractivity contribution in [1.29, 1.82) is 0 Å². The second kappa shape index (κ2) is 5.99. The first-order chi connectivity index (χ1) is 11.3. The molecule has 3 heterocycles. The zero-order valence-corrected chi connectivity index (χ0v) is 14.3. The van der Waals surface area contributed by atoms with E-state index in [1.165, 1.54) is 30.6 Å². The van der Waals surface area contributed by atoms with Gasteiger partial charge in [0, 0.05) is 17.6 Å². The Kier molecular flexibility index (Phi) is 3.83. The Morgan fingerprint density at radius 3 is 3.04 bits per heavy atom. The van der Waals surface area contributed by atoms with Gasteiger partial charge in [0.15, 0.2) is 4.96 Å². The van der Waals surface area contributed by atoms with Gasteiger partial charge in [-0.15, -0.1) is 29.1 Å². The number of amides is 1. The molecule has 0 radical (unpaired) electrons. The van der Waals surface area contributed by atoms with Gasteiger partial charge in [0.1, 0.15) is 4.83 Å². The molecular weight excluding hydrogens is 326 g/mol. The maximum Gasteiger partial charge on any atom is 0.265 e. The predicted octanol–water partition coefficient (Wildman–Crippen LogP) is 4.02. The van der Waals surface area contributed by atoms with Crippen molar-refractivity contribution in [3.05, 3.63) is 22.5 Å². The molecule has 1 aliphatic rings. The van der Waals surface area contributed by atoms with Gasteiger partial charge in [0.05, 0.1) is 16.9 Å². The summed E-state index contributed by atoms with van der Waals surface area (Å²) in [6.07, 6.45) is 13.3. The SMILES string of the molecule is C#CCN(C(=O)c1cc2c(nc3sccn32)s1)C1CCCCC1. The van der Waals surface area contributed by atoms with Gasteiger partial charge in [-0.3, -0.25) is 9.20 Å². The minimum atomic E-state index is 0.0572. The van der Waals surface area contributed by atoms with Crippen LogP contribution in [0.2, 0.25) is 0 Å². The zero-order valence-electron chi connectivity index (χ0n) is 12.7. The first-order valence-electron chi connectivity index (χ1n) is 7.87. The lowest BCUT2D eigenvalue weighted by Crippen LogP contribution is -2.41. The molecule has 0 saturated heterocycles. The second-order valence-corrected chi connectivity index (χ2v) is 7.80. The molecule has 3 aromatic rings. The summed E-state index contributed by atoms with van der Waals surface area (Å²) >= 11 is 3.07. The summed E-state index contributed by atoms with van der Waals surface area (Å²) < 4.78 is 2.04. The van der Waals surface area contributed by atoms with Crippen LogP contribution in [0.5, 0.6) is 0 Å². The molecule has 0 aromatic carbocycles. The van der Waals surface area contributed by atoms with Crippen LogP contribution in [0.25, 0.3) is 15.3 Å². The van der Waals surface area contributed by atoms with E-state index >= 15 is 0 Å². The fourth-order valence-electron chi connectivity index (χ4n) is 3.35. The van der Waals surface area contributed by atoms with Crippen LogP contribution in [0.3, 0.4) is 0 Å². The molecule has 1 saturated carbocycles. The number of fused-ring (bicyclic) bond motifs is 3. The molecule has 0 spiro atoms. The van der Waals surface area contributed by atoms with Gasteiger partial charge in [-0.2, -0.15) is 0 Å². The van der Waals surface area contributed by atoms with E-state index in [1.54, 1.807) is 11.3 Å². The number of aromatic nitrogens is 2. The van der Waals surface area contributed by atoms with E-state index in [9.17, 15) is 4.79 Å². The van der Waals surface area contributed by atoms with Crippen LogP contribution in [-0.4, -0.2) is 32.8 Å². The Bertz CT molecular complexity index is 892. The molecule has 1 fully saturated rings. The first kappa shape index (κ1) is 14.7. The maximum atomic E-state index is 13.0. The van der Waals surface area contributed by atoms with Crippen LogP contribution >= 0.6 is 22.7 Å². The number of imidazole rings is 1. The molecule has 0 aliphatic heterocycles. The topological polar surface area (TPSA) is 37.6 Å². The maximum absolute atomic E-state index is 13.0. The standard InChI is InChI=1S/C17H17N3OS2/c1-2-8-19(12-6-4-3-5-7-12)16(21)14-11-13-15(23-14)18-17-20(13)9-10-22-17/h1,9-12H,3-8H2. The molecule has 6 heteroatoms. The number of thiophene rings is 1. The van der Waals surface area contributed by atoms with E-state index in [4.69, 9.17) is 6.42 Å². The summed E-state index contributed by atoms with van der Waals surface area (Å²) in [4.78, 5) is 22.1. The third-order valence-corrected chi connectivity index (χ3v) is 6.25. The molecule has 1 aliphatic carbocycles. The van der Waals surface area contributed by atoms with E-state index in [1.807, 2.05) is 26.9 Å². The minimum absolute atomic E-state index is 0.0572. The number of rotatable bonds is 3. The van der Waals surface area contributed by atoms with Crippen molar-refractivity contribution in [2.75, 3.05) is 6.54 Å². The predicted molar refractivity (Wildman–Crippen MR) is 95.2 cm³/mol. The highest BCUT2D eigenvalue weighted by Gasteiger charge is 2.27. The molecule has 4 rings (SSSR count). The van der Waals surface area contributed by atoms with Gasteiger partial charge in [-0.05, 0) is 18.9 Å². The fraction of sp³-hybridized carbons (Fsp3) is 0.412. The van der Waals surface area contributed by atoms with E-state index in [0.29, 0.717) is 6.54 Å². The average Bonchev–Trinajstić information content (AvgIpc) is 3.24. The molecule has 118 valence electrons. The Balaban J connectivity index is 1.67. The molecular formula is C17H17N3OS2. The van der Waals surface area contributed by atoms with Crippen LogP contribution < -0.4 is 0 Å². The van der Waals surface area contributed by atoms with Gasteiger partial charge in [-0.25, -0.2) is 4.98 Å². The molecule has 0 atom stereocenters. The summed E-state index contributed by atoms with van der Waals surface area (Å²) in [6, 6.07) is 2.24. The quantitative estimate of drug-likeness (QED) is 0.674. The van der Waals surface area contributed by atoms with E-state index in [2.05, 4.69) is 10.9 Å². The molecule has 3 aromatic heterocycles. The molecule has 0 bridgehead atoms. The van der Waals surface area contributed by atoms with Crippen molar-refractivity contribution in [2.24, 2.45) is 0 Å². The van der Waals surface area contributed by atoms with Crippen LogP contribution in [-0.2, 0) is 0 Å². The Hall–Kier alpha value is -1.84. The normalized spacial score (nSPS) is 16.0. The van der Waals surface area contributed by atoms with E-state index < -0.39 is 0 Å². The number of nitrogens with zero attached hydrogens (tertiary/aromatic N) is 3. The van der Waals surface area contributed by atoms with Crippen molar-refractivity contribution in [3.8, 4) is 12.3 Å². The molecule has 4 nitrogen and oxygen atoms in total. The Morgan fingerprint density at radius 1 is 1.43 bits per heavy atom. The number of terminal acetylenes is 1. The molecule has 0 N–H and O–H groups in total. The smallest absolute Gasteiger partial charge is 0.265 e. The largest absolute Gasteiger partial charge is 0.324 e. The van der Waals surface area contributed by atoms with Gasteiger partial charge >= 0.3 is 0 Å². The second-order valence-electron chi connectivity index (χ2n) is 5.90. The lowest BCUT2D eigenvalue weighted by atomic mass is 9.94. The number of hydrogen-bond donors (Lipinski definition) is 0. The lowest BCUT2D eigenvalue weighted by molar-refractivity contribution is 0.0672. The van der Waals surface area contributed by atoms with Crippen LogP contribution in [0, 0.1) is 12.3 Å². The summed E-state index contributed by atoms with van der Waals surface area (Å²) in [5, 5.41) is 2.01. The van der Waals surface area contributed by atoms with Crippen LogP contribution in [0.4, 0.5) is 0 Å². The highest BCUT2D eigenvalue weighted by atomic mass is 32.1. The Morgan fingerprint density at radius 2 is 2.26 bits per heavy atom. The van der Waals surface area contributed by atoms with Crippen molar-refractivity contribution < 1.29 is 4.79 Å². The van der Waals surface area contributed by atoms with E-state index in [0.717, 1.165) is 33.0 Å². The van der Waals surface area contributed by atoms with Crippen molar-refractivity contribution in [3.63, 3.8) is 0 Å². The van der Waals surface area contributed by atoms with Crippen molar-refractivity contribution in [1.82, 2.24) is 14.3 Å². The molecule has 0 unspecified atom stereocenters. The van der Waals surface area contributed by atoms with Gasteiger partial charge < -0.3 is 4.90 Å².